The number of benzene rings is 1. The lowest BCUT2D eigenvalue weighted by Gasteiger charge is -2.36. The van der Waals surface area contributed by atoms with Crippen molar-refractivity contribution in [1.29, 1.82) is 0 Å². The smallest absolute Gasteiger partial charge is 0.0543 e. The molecule has 1 aliphatic heterocycles. The van der Waals surface area contributed by atoms with E-state index in [1.54, 1.807) is 0 Å². The summed E-state index contributed by atoms with van der Waals surface area (Å²) in [5, 5.41) is 6.99. The molecule has 1 heterocycles. The van der Waals surface area contributed by atoms with Crippen LogP contribution in [0, 0.1) is 0 Å². The topological polar surface area (TPSA) is 18.8 Å². The molecule has 2 rings (SSSR count). The van der Waals surface area contributed by atoms with E-state index in [0.717, 1.165) is 13.1 Å². The molecule has 0 radical (unpaired) electrons. The molecule has 2 unspecified atom stereocenters. The van der Waals surface area contributed by atoms with Crippen LogP contribution in [0.15, 0.2) is 29.4 Å². The molecule has 3 heteroatoms. The van der Waals surface area contributed by atoms with Gasteiger partial charge < -0.3 is 4.90 Å². The minimum Gasteiger partial charge on any atom is -0.372 e. The maximum absolute atomic E-state index is 4.73. The van der Waals surface area contributed by atoms with Gasteiger partial charge in [-0.05, 0) is 64.7 Å². The molecule has 116 valence electrons. The fraction of sp³-hybridized carbons (Fsp3) is 0.611. The first kappa shape index (κ1) is 15.9. The molecular formula is C18H29N3. The Labute approximate surface area is 129 Å². The molecule has 0 aliphatic carbocycles. The summed E-state index contributed by atoms with van der Waals surface area (Å²) in [6.45, 7) is 11.0. The van der Waals surface area contributed by atoms with Gasteiger partial charge in [-0.25, -0.2) is 0 Å². The quantitative estimate of drug-likeness (QED) is 0.758. The lowest BCUT2D eigenvalue weighted by molar-refractivity contribution is 0.109. The van der Waals surface area contributed by atoms with Crippen molar-refractivity contribution < 1.29 is 0 Å². The highest BCUT2D eigenvalue weighted by molar-refractivity contribution is 5.80. The van der Waals surface area contributed by atoms with Gasteiger partial charge in [-0.1, -0.05) is 12.1 Å². The number of nitrogens with zero attached hydrogens (tertiary/aromatic N) is 3. The molecule has 1 aromatic rings. The Morgan fingerprint density at radius 2 is 1.67 bits per heavy atom. The summed E-state index contributed by atoms with van der Waals surface area (Å²) in [5.74, 6) is 0. The third-order valence-corrected chi connectivity index (χ3v) is 4.51. The summed E-state index contributed by atoms with van der Waals surface area (Å²) < 4.78 is 0. The summed E-state index contributed by atoms with van der Waals surface area (Å²) >= 11 is 0. The molecule has 2 atom stereocenters. The Kier molecular flexibility index (Phi) is 5.66. The van der Waals surface area contributed by atoms with Crippen LogP contribution in [-0.4, -0.2) is 36.4 Å². The van der Waals surface area contributed by atoms with Gasteiger partial charge in [0, 0.05) is 30.9 Å². The van der Waals surface area contributed by atoms with Crippen LogP contribution in [0.25, 0.3) is 0 Å². The molecule has 1 fully saturated rings. The fourth-order valence-electron chi connectivity index (χ4n) is 3.13. The minimum absolute atomic E-state index is 0.556. The first-order valence-electron chi connectivity index (χ1n) is 8.33. The van der Waals surface area contributed by atoms with E-state index in [9.17, 15) is 0 Å². The number of anilines is 1. The van der Waals surface area contributed by atoms with Crippen LogP contribution in [0.5, 0.6) is 0 Å². The first-order valence-corrected chi connectivity index (χ1v) is 8.33. The minimum atomic E-state index is 0.556. The number of hydrazone groups is 1. The lowest BCUT2D eigenvalue weighted by atomic mass is 10.00. The Morgan fingerprint density at radius 1 is 1.10 bits per heavy atom. The lowest BCUT2D eigenvalue weighted by Crippen LogP contribution is -2.39. The highest BCUT2D eigenvalue weighted by Crippen LogP contribution is 2.22. The summed E-state index contributed by atoms with van der Waals surface area (Å²) in [5.41, 5.74) is 2.47. The van der Waals surface area contributed by atoms with Crippen LogP contribution >= 0.6 is 0 Å². The summed E-state index contributed by atoms with van der Waals surface area (Å²) in [6.07, 6.45) is 5.84. The zero-order chi connectivity index (χ0) is 15.2. The van der Waals surface area contributed by atoms with E-state index < -0.39 is 0 Å². The highest BCUT2D eigenvalue weighted by atomic mass is 15.5. The maximum Gasteiger partial charge on any atom is 0.0543 e. The van der Waals surface area contributed by atoms with Crippen molar-refractivity contribution in [2.75, 3.05) is 18.0 Å². The summed E-state index contributed by atoms with van der Waals surface area (Å²) in [6, 6.07) is 9.82. The second-order valence-corrected chi connectivity index (χ2v) is 6.02. The van der Waals surface area contributed by atoms with E-state index in [1.807, 2.05) is 6.21 Å². The SMILES string of the molecule is CCN(CC)c1ccc(C=NN2C(C)CCCC2C)cc1. The Hall–Kier alpha value is -1.51. The second kappa shape index (κ2) is 7.48. The van der Waals surface area contributed by atoms with Crippen LogP contribution in [0.3, 0.4) is 0 Å². The molecular weight excluding hydrogens is 258 g/mol. The van der Waals surface area contributed by atoms with Crippen molar-refractivity contribution in [3.05, 3.63) is 29.8 Å². The molecule has 0 aromatic heterocycles. The largest absolute Gasteiger partial charge is 0.372 e. The number of piperidine rings is 1. The molecule has 0 amide bonds. The average molecular weight is 287 g/mol. The first-order chi connectivity index (χ1) is 10.2. The van der Waals surface area contributed by atoms with Gasteiger partial charge in [-0.2, -0.15) is 5.10 Å². The monoisotopic (exact) mass is 287 g/mol. The Bertz CT molecular complexity index is 438. The number of rotatable bonds is 5. The number of hydrogen-bond acceptors (Lipinski definition) is 3. The van der Waals surface area contributed by atoms with E-state index in [0.29, 0.717) is 12.1 Å². The molecule has 0 saturated carbocycles. The maximum atomic E-state index is 4.73. The van der Waals surface area contributed by atoms with Crippen molar-refractivity contribution >= 4 is 11.9 Å². The van der Waals surface area contributed by atoms with Gasteiger partial charge in [-0.3, -0.25) is 5.01 Å². The fourth-order valence-corrected chi connectivity index (χ4v) is 3.13. The van der Waals surface area contributed by atoms with Crippen molar-refractivity contribution in [2.45, 2.75) is 59.0 Å². The normalized spacial score (nSPS) is 22.8. The predicted octanol–water partition coefficient (Wildman–Crippen LogP) is 4.13. The van der Waals surface area contributed by atoms with Gasteiger partial charge in [0.15, 0.2) is 0 Å². The third-order valence-electron chi connectivity index (χ3n) is 4.51. The van der Waals surface area contributed by atoms with Crippen LogP contribution in [0.4, 0.5) is 5.69 Å². The Morgan fingerprint density at radius 3 is 2.19 bits per heavy atom. The predicted molar refractivity (Wildman–Crippen MR) is 92.2 cm³/mol. The number of hydrogen-bond donors (Lipinski definition) is 0. The van der Waals surface area contributed by atoms with Crippen LogP contribution in [0.2, 0.25) is 0 Å². The molecule has 0 bridgehead atoms. The summed E-state index contributed by atoms with van der Waals surface area (Å²) in [7, 11) is 0. The van der Waals surface area contributed by atoms with E-state index in [2.05, 4.69) is 61.9 Å². The second-order valence-electron chi connectivity index (χ2n) is 6.02. The van der Waals surface area contributed by atoms with E-state index in [1.165, 1.54) is 30.5 Å². The van der Waals surface area contributed by atoms with Crippen LogP contribution in [-0.2, 0) is 0 Å². The molecule has 3 nitrogen and oxygen atoms in total. The van der Waals surface area contributed by atoms with Gasteiger partial charge in [0.2, 0.25) is 0 Å². The molecule has 21 heavy (non-hydrogen) atoms. The standard InChI is InChI=1S/C18H29N3/c1-5-20(6-2)18-12-10-17(11-13-18)14-19-21-15(3)8-7-9-16(21)4/h10-16H,5-9H2,1-4H3. The van der Waals surface area contributed by atoms with Gasteiger partial charge in [0.25, 0.3) is 0 Å². The Balaban J connectivity index is 2.04. The molecule has 0 spiro atoms. The van der Waals surface area contributed by atoms with Gasteiger partial charge in [-0.15, -0.1) is 0 Å². The van der Waals surface area contributed by atoms with Crippen molar-refractivity contribution in [3.8, 4) is 0 Å². The molecule has 1 aliphatic rings. The van der Waals surface area contributed by atoms with Crippen molar-refractivity contribution in [2.24, 2.45) is 5.10 Å². The van der Waals surface area contributed by atoms with Gasteiger partial charge >= 0.3 is 0 Å². The summed E-state index contributed by atoms with van der Waals surface area (Å²) in [4.78, 5) is 2.36. The molecule has 1 aromatic carbocycles. The highest BCUT2D eigenvalue weighted by Gasteiger charge is 2.22. The van der Waals surface area contributed by atoms with Crippen LogP contribution < -0.4 is 4.90 Å². The zero-order valence-electron chi connectivity index (χ0n) is 13.9. The van der Waals surface area contributed by atoms with Crippen molar-refractivity contribution in [3.63, 3.8) is 0 Å². The van der Waals surface area contributed by atoms with Crippen molar-refractivity contribution in [1.82, 2.24) is 5.01 Å². The molecule has 0 N–H and O–H groups in total. The average Bonchev–Trinajstić information content (AvgIpc) is 2.49. The van der Waals surface area contributed by atoms with E-state index in [4.69, 9.17) is 5.10 Å². The van der Waals surface area contributed by atoms with Crippen LogP contribution in [0.1, 0.15) is 52.5 Å². The third kappa shape index (κ3) is 3.99. The van der Waals surface area contributed by atoms with E-state index >= 15 is 0 Å². The zero-order valence-corrected chi connectivity index (χ0v) is 13.9. The van der Waals surface area contributed by atoms with Gasteiger partial charge in [0.05, 0.1) is 6.21 Å². The molecule has 1 saturated heterocycles. The van der Waals surface area contributed by atoms with Gasteiger partial charge in [0.1, 0.15) is 0 Å². The van der Waals surface area contributed by atoms with E-state index in [-0.39, 0.29) is 0 Å².